The number of ether oxygens (including phenoxy) is 2. The van der Waals surface area contributed by atoms with Gasteiger partial charge in [0.2, 0.25) is 0 Å². The van der Waals surface area contributed by atoms with Crippen LogP contribution >= 0.6 is 0 Å². The van der Waals surface area contributed by atoms with Gasteiger partial charge in [0.1, 0.15) is 17.2 Å². The van der Waals surface area contributed by atoms with Crippen LogP contribution < -0.4 is 9.47 Å². The van der Waals surface area contributed by atoms with Crippen LogP contribution in [-0.4, -0.2) is 50.2 Å². The highest BCUT2D eigenvalue weighted by atomic mass is 16.5. The maximum atomic E-state index is 5.56. The van der Waals surface area contributed by atoms with E-state index < -0.39 is 0 Å². The molecule has 1 atom stereocenters. The summed E-state index contributed by atoms with van der Waals surface area (Å²) in [6.07, 6.45) is 0. The van der Waals surface area contributed by atoms with Crippen LogP contribution in [0.1, 0.15) is 30.0 Å². The maximum Gasteiger partial charge on any atom is 0.182 e. The summed E-state index contributed by atoms with van der Waals surface area (Å²) in [5.41, 5.74) is 3.10. The molecule has 8 nitrogen and oxygen atoms in total. The van der Waals surface area contributed by atoms with Crippen molar-refractivity contribution < 1.29 is 9.47 Å². The molecule has 2 aromatic heterocycles. The molecule has 4 rings (SSSR count). The van der Waals surface area contributed by atoms with Gasteiger partial charge in [0.15, 0.2) is 11.6 Å². The van der Waals surface area contributed by atoms with E-state index in [0.717, 1.165) is 59.7 Å². The zero-order valence-corrected chi connectivity index (χ0v) is 17.0. The molecule has 8 heteroatoms. The lowest BCUT2D eigenvalue weighted by molar-refractivity contribution is 0.155. The number of nitrogens with zero attached hydrogens (tertiary/aromatic N) is 6. The molecule has 0 saturated heterocycles. The number of fused-ring (bicyclic) bond motifs is 1. The second-order valence-corrected chi connectivity index (χ2v) is 7.15. The number of benzene rings is 1. The summed E-state index contributed by atoms with van der Waals surface area (Å²) in [7, 11) is 5.30. The van der Waals surface area contributed by atoms with Crippen molar-refractivity contribution in [3.63, 3.8) is 0 Å². The van der Waals surface area contributed by atoms with Crippen molar-refractivity contribution in [1.82, 2.24) is 29.4 Å². The minimum Gasteiger partial charge on any atom is -0.497 e. The predicted molar refractivity (Wildman–Crippen MR) is 105 cm³/mol. The third kappa shape index (κ3) is 3.13. The van der Waals surface area contributed by atoms with Crippen molar-refractivity contribution in [2.75, 3.05) is 20.8 Å². The predicted octanol–water partition coefficient (Wildman–Crippen LogP) is 2.58. The fourth-order valence-corrected chi connectivity index (χ4v) is 3.86. The number of aromatic nitrogens is 5. The van der Waals surface area contributed by atoms with Gasteiger partial charge in [-0.2, -0.15) is 5.10 Å². The molecule has 0 fully saturated rings. The minimum absolute atomic E-state index is 0.149. The van der Waals surface area contributed by atoms with Gasteiger partial charge in [-0.05, 0) is 26.0 Å². The third-order valence-electron chi connectivity index (χ3n) is 5.41. The first-order valence-electron chi connectivity index (χ1n) is 9.41. The molecular weight excluding hydrogens is 356 g/mol. The molecule has 1 unspecified atom stereocenters. The zero-order valence-electron chi connectivity index (χ0n) is 17.0. The first kappa shape index (κ1) is 18.5. The van der Waals surface area contributed by atoms with Crippen LogP contribution in [0.2, 0.25) is 0 Å². The SMILES string of the molecule is COc1ccc(CN2CCn3c(-c4cc(C)nn4C)nnc3C2C)c(OC)c1. The van der Waals surface area contributed by atoms with E-state index in [9.17, 15) is 0 Å². The van der Waals surface area contributed by atoms with Gasteiger partial charge >= 0.3 is 0 Å². The van der Waals surface area contributed by atoms with Gasteiger partial charge in [-0.25, -0.2) is 0 Å². The third-order valence-corrected chi connectivity index (χ3v) is 5.41. The van der Waals surface area contributed by atoms with Gasteiger partial charge in [-0.3, -0.25) is 9.58 Å². The standard InChI is InChI=1S/C20H26N6O2/c1-13-10-17(24(3)23-13)20-22-21-19-14(2)25(8-9-26(19)20)12-15-6-7-16(27-4)11-18(15)28-5/h6-7,10-11,14H,8-9,12H2,1-5H3. The van der Waals surface area contributed by atoms with Crippen LogP contribution in [0.4, 0.5) is 0 Å². The Morgan fingerprint density at radius 2 is 1.93 bits per heavy atom. The van der Waals surface area contributed by atoms with Crippen LogP contribution in [0.25, 0.3) is 11.5 Å². The fraction of sp³-hybridized carbons (Fsp3) is 0.450. The Morgan fingerprint density at radius 1 is 1.11 bits per heavy atom. The Morgan fingerprint density at radius 3 is 2.61 bits per heavy atom. The number of hydrogen-bond acceptors (Lipinski definition) is 6. The monoisotopic (exact) mass is 382 g/mol. The normalized spacial score (nSPS) is 16.8. The van der Waals surface area contributed by atoms with Gasteiger partial charge < -0.3 is 14.0 Å². The van der Waals surface area contributed by atoms with E-state index in [1.165, 1.54) is 0 Å². The zero-order chi connectivity index (χ0) is 19.8. The number of methoxy groups -OCH3 is 2. The van der Waals surface area contributed by atoms with Crippen LogP contribution in [0, 0.1) is 6.92 Å². The summed E-state index contributed by atoms with van der Waals surface area (Å²) in [6, 6.07) is 8.16. The van der Waals surface area contributed by atoms with Gasteiger partial charge in [0.25, 0.3) is 0 Å². The Bertz CT molecular complexity index is 993. The molecule has 1 aliphatic rings. The summed E-state index contributed by atoms with van der Waals surface area (Å²) < 4.78 is 14.9. The van der Waals surface area contributed by atoms with E-state index >= 15 is 0 Å². The van der Waals surface area contributed by atoms with E-state index in [2.05, 4.69) is 43.8 Å². The van der Waals surface area contributed by atoms with Crippen molar-refractivity contribution in [2.45, 2.75) is 33.0 Å². The van der Waals surface area contributed by atoms with Crippen molar-refractivity contribution in [3.8, 4) is 23.0 Å². The largest absolute Gasteiger partial charge is 0.497 e. The van der Waals surface area contributed by atoms with Gasteiger partial charge in [-0.1, -0.05) is 6.07 Å². The van der Waals surface area contributed by atoms with E-state index in [0.29, 0.717) is 0 Å². The molecule has 1 aromatic carbocycles. The lowest BCUT2D eigenvalue weighted by Crippen LogP contribution is -2.36. The van der Waals surface area contributed by atoms with E-state index in [1.807, 2.05) is 30.8 Å². The number of aryl methyl sites for hydroxylation is 2. The quantitative estimate of drug-likeness (QED) is 0.676. The lowest BCUT2D eigenvalue weighted by atomic mass is 10.1. The lowest BCUT2D eigenvalue weighted by Gasteiger charge is -2.34. The average Bonchev–Trinajstić information content (AvgIpc) is 3.26. The highest BCUT2D eigenvalue weighted by Crippen LogP contribution is 2.32. The molecule has 148 valence electrons. The molecule has 1 aliphatic heterocycles. The number of hydrogen-bond donors (Lipinski definition) is 0. The molecule has 0 spiro atoms. The summed E-state index contributed by atoms with van der Waals surface area (Å²) in [5, 5.41) is 13.4. The van der Waals surface area contributed by atoms with Crippen LogP contribution in [0.3, 0.4) is 0 Å². The molecule has 3 aromatic rings. The molecule has 0 saturated carbocycles. The molecule has 0 N–H and O–H groups in total. The van der Waals surface area contributed by atoms with E-state index in [-0.39, 0.29) is 6.04 Å². The summed E-state index contributed by atoms with van der Waals surface area (Å²) in [5.74, 6) is 3.49. The highest BCUT2D eigenvalue weighted by molar-refractivity contribution is 5.51. The van der Waals surface area contributed by atoms with Crippen LogP contribution in [0.5, 0.6) is 11.5 Å². The topological polar surface area (TPSA) is 70.2 Å². The molecule has 0 bridgehead atoms. The molecular formula is C20H26N6O2. The Hall–Kier alpha value is -2.87. The fourth-order valence-electron chi connectivity index (χ4n) is 3.86. The van der Waals surface area contributed by atoms with Gasteiger partial charge in [0, 0.05) is 38.3 Å². The summed E-state index contributed by atoms with van der Waals surface area (Å²) >= 11 is 0. The van der Waals surface area contributed by atoms with Crippen LogP contribution in [-0.2, 0) is 20.1 Å². The Kier molecular flexibility index (Phi) is 4.80. The summed E-state index contributed by atoms with van der Waals surface area (Å²) in [4.78, 5) is 2.40. The average molecular weight is 382 g/mol. The Labute approximate surface area is 164 Å². The molecule has 0 aliphatic carbocycles. The first-order chi connectivity index (χ1) is 13.5. The Balaban J connectivity index is 1.60. The molecule has 28 heavy (non-hydrogen) atoms. The van der Waals surface area contributed by atoms with E-state index in [1.54, 1.807) is 14.2 Å². The van der Waals surface area contributed by atoms with Crippen LogP contribution in [0.15, 0.2) is 24.3 Å². The molecule has 0 radical (unpaired) electrons. The number of rotatable bonds is 5. The summed E-state index contributed by atoms with van der Waals surface area (Å²) in [6.45, 7) is 6.69. The van der Waals surface area contributed by atoms with Crippen molar-refractivity contribution >= 4 is 0 Å². The van der Waals surface area contributed by atoms with Crippen molar-refractivity contribution in [2.24, 2.45) is 7.05 Å². The van der Waals surface area contributed by atoms with E-state index in [4.69, 9.17) is 9.47 Å². The van der Waals surface area contributed by atoms with Gasteiger partial charge in [-0.15, -0.1) is 10.2 Å². The van der Waals surface area contributed by atoms with Crippen molar-refractivity contribution in [1.29, 1.82) is 0 Å². The highest BCUT2D eigenvalue weighted by Gasteiger charge is 2.30. The molecule has 3 heterocycles. The first-order valence-corrected chi connectivity index (χ1v) is 9.41. The maximum absolute atomic E-state index is 5.56. The van der Waals surface area contributed by atoms with Gasteiger partial charge in [0.05, 0.1) is 26.0 Å². The smallest absolute Gasteiger partial charge is 0.182 e. The second-order valence-electron chi connectivity index (χ2n) is 7.15. The minimum atomic E-state index is 0.149. The second kappa shape index (κ2) is 7.27. The van der Waals surface area contributed by atoms with Crippen molar-refractivity contribution in [3.05, 3.63) is 41.3 Å². The molecule has 0 amide bonds.